The van der Waals surface area contributed by atoms with Gasteiger partial charge in [0.25, 0.3) is 0 Å². The molecule has 0 aliphatic heterocycles. The number of benzene rings is 2. The van der Waals surface area contributed by atoms with Gasteiger partial charge >= 0.3 is 0 Å². The molecule has 0 fully saturated rings. The SMILES string of the molecule is CC(=O)Nc1ccc(NC(=O)[C@H](C)N[C@H](C)c2ccccc2)cc1. The van der Waals surface area contributed by atoms with E-state index < -0.39 is 0 Å². The molecule has 0 aliphatic rings. The molecule has 3 N–H and O–H groups in total. The van der Waals surface area contributed by atoms with Gasteiger partial charge in [-0.2, -0.15) is 0 Å². The van der Waals surface area contributed by atoms with Crippen molar-refractivity contribution < 1.29 is 9.59 Å². The second-order valence-electron chi connectivity index (χ2n) is 5.77. The Bertz CT molecular complexity index is 684. The minimum Gasteiger partial charge on any atom is -0.326 e. The predicted octanol–water partition coefficient (Wildman–Crippen LogP) is 3.32. The van der Waals surface area contributed by atoms with Crippen LogP contribution in [0, 0.1) is 0 Å². The van der Waals surface area contributed by atoms with Gasteiger partial charge in [-0.15, -0.1) is 0 Å². The molecule has 2 rings (SSSR count). The third kappa shape index (κ3) is 5.21. The van der Waals surface area contributed by atoms with Crippen molar-refractivity contribution >= 4 is 23.2 Å². The lowest BCUT2D eigenvalue weighted by molar-refractivity contribution is -0.118. The maximum absolute atomic E-state index is 12.3. The summed E-state index contributed by atoms with van der Waals surface area (Å²) in [6.07, 6.45) is 0. The maximum atomic E-state index is 12.3. The number of carbonyl (C=O) groups excluding carboxylic acids is 2. The zero-order chi connectivity index (χ0) is 17.5. The van der Waals surface area contributed by atoms with Gasteiger partial charge in [-0.3, -0.25) is 14.9 Å². The first-order chi connectivity index (χ1) is 11.5. The molecule has 0 heterocycles. The van der Waals surface area contributed by atoms with Crippen molar-refractivity contribution in [1.29, 1.82) is 0 Å². The molecule has 2 aromatic carbocycles. The van der Waals surface area contributed by atoms with E-state index in [1.807, 2.05) is 44.2 Å². The van der Waals surface area contributed by atoms with Crippen LogP contribution in [0.15, 0.2) is 54.6 Å². The Balaban J connectivity index is 1.90. The molecule has 5 nitrogen and oxygen atoms in total. The standard InChI is InChI=1S/C19H23N3O2/c1-13(16-7-5-4-6-8-16)20-14(2)19(24)22-18-11-9-17(10-12-18)21-15(3)23/h4-14,20H,1-3H3,(H,21,23)(H,22,24)/t13-,14+/m1/s1. The molecule has 0 aromatic heterocycles. The van der Waals surface area contributed by atoms with Crippen LogP contribution in [0.2, 0.25) is 0 Å². The molecule has 2 atom stereocenters. The van der Waals surface area contributed by atoms with Crippen molar-refractivity contribution in [3.05, 3.63) is 60.2 Å². The summed E-state index contributed by atoms with van der Waals surface area (Å²) in [4.78, 5) is 23.3. The van der Waals surface area contributed by atoms with Crippen LogP contribution < -0.4 is 16.0 Å². The molecule has 2 amide bonds. The number of carbonyl (C=O) groups is 2. The summed E-state index contributed by atoms with van der Waals surface area (Å²) in [5.41, 5.74) is 2.52. The number of rotatable bonds is 6. The molecular weight excluding hydrogens is 302 g/mol. The Hall–Kier alpha value is -2.66. The van der Waals surface area contributed by atoms with E-state index in [0.717, 1.165) is 5.56 Å². The zero-order valence-electron chi connectivity index (χ0n) is 14.2. The third-order valence-electron chi connectivity index (χ3n) is 3.67. The first-order valence-corrected chi connectivity index (χ1v) is 7.95. The molecule has 126 valence electrons. The maximum Gasteiger partial charge on any atom is 0.241 e. The molecule has 0 radical (unpaired) electrons. The Morgan fingerprint density at radius 3 is 1.92 bits per heavy atom. The van der Waals surface area contributed by atoms with E-state index in [4.69, 9.17) is 0 Å². The minimum atomic E-state index is -0.338. The largest absolute Gasteiger partial charge is 0.326 e. The average Bonchev–Trinajstić information content (AvgIpc) is 2.56. The number of amides is 2. The minimum absolute atomic E-state index is 0.0779. The fraction of sp³-hybridized carbons (Fsp3) is 0.263. The molecule has 5 heteroatoms. The lowest BCUT2D eigenvalue weighted by Gasteiger charge is -2.20. The quantitative estimate of drug-likeness (QED) is 0.763. The van der Waals surface area contributed by atoms with Gasteiger partial charge in [-0.25, -0.2) is 0 Å². The smallest absolute Gasteiger partial charge is 0.241 e. The lowest BCUT2D eigenvalue weighted by atomic mass is 10.1. The monoisotopic (exact) mass is 325 g/mol. The highest BCUT2D eigenvalue weighted by Crippen LogP contribution is 2.15. The predicted molar refractivity (Wildman–Crippen MR) is 96.8 cm³/mol. The first-order valence-electron chi connectivity index (χ1n) is 7.95. The second kappa shape index (κ2) is 8.26. The van der Waals surface area contributed by atoms with E-state index in [1.54, 1.807) is 24.3 Å². The number of anilines is 2. The van der Waals surface area contributed by atoms with Crippen molar-refractivity contribution in [2.24, 2.45) is 0 Å². The topological polar surface area (TPSA) is 70.2 Å². The van der Waals surface area contributed by atoms with E-state index in [0.29, 0.717) is 11.4 Å². The van der Waals surface area contributed by atoms with Gasteiger partial charge in [0.05, 0.1) is 6.04 Å². The van der Waals surface area contributed by atoms with Gasteiger partial charge in [0.1, 0.15) is 0 Å². The van der Waals surface area contributed by atoms with Crippen molar-refractivity contribution in [1.82, 2.24) is 5.32 Å². The van der Waals surface area contributed by atoms with Crippen LogP contribution in [0.4, 0.5) is 11.4 Å². The Kier molecular flexibility index (Phi) is 6.09. The van der Waals surface area contributed by atoms with Crippen LogP contribution in [0.5, 0.6) is 0 Å². The summed E-state index contributed by atoms with van der Waals surface area (Å²) in [6, 6.07) is 16.8. The summed E-state index contributed by atoms with van der Waals surface area (Å²) >= 11 is 0. The molecule has 0 bridgehead atoms. The Morgan fingerprint density at radius 2 is 1.38 bits per heavy atom. The molecular formula is C19H23N3O2. The molecule has 0 aliphatic carbocycles. The Labute approximate surface area is 142 Å². The van der Waals surface area contributed by atoms with Gasteiger partial charge < -0.3 is 10.6 Å². The summed E-state index contributed by atoms with van der Waals surface area (Å²) < 4.78 is 0. The molecule has 2 aromatic rings. The van der Waals surface area contributed by atoms with Gasteiger partial charge in [-0.1, -0.05) is 30.3 Å². The normalized spacial score (nSPS) is 13.0. The number of hydrogen-bond donors (Lipinski definition) is 3. The lowest BCUT2D eigenvalue weighted by Crippen LogP contribution is -2.39. The molecule has 0 unspecified atom stereocenters. The summed E-state index contributed by atoms with van der Waals surface area (Å²) in [6.45, 7) is 5.32. The first kappa shape index (κ1) is 17.7. The summed E-state index contributed by atoms with van der Waals surface area (Å²) in [7, 11) is 0. The zero-order valence-corrected chi connectivity index (χ0v) is 14.2. The molecule has 0 saturated carbocycles. The van der Waals surface area contributed by atoms with Gasteiger partial charge in [-0.05, 0) is 43.7 Å². The summed E-state index contributed by atoms with van der Waals surface area (Å²) in [5.74, 6) is -0.232. The van der Waals surface area contributed by atoms with Crippen LogP contribution in [-0.2, 0) is 9.59 Å². The highest BCUT2D eigenvalue weighted by atomic mass is 16.2. The van der Waals surface area contributed by atoms with Crippen LogP contribution in [0.25, 0.3) is 0 Å². The van der Waals surface area contributed by atoms with E-state index in [1.165, 1.54) is 6.92 Å². The fourth-order valence-electron chi connectivity index (χ4n) is 2.38. The number of nitrogens with one attached hydrogen (secondary N) is 3. The molecule has 0 spiro atoms. The Morgan fingerprint density at radius 1 is 0.833 bits per heavy atom. The highest BCUT2D eigenvalue weighted by molar-refractivity contribution is 5.95. The highest BCUT2D eigenvalue weighted by Gasteiger charge is 2.16. The summed E-state index contributed by atoms with van der Waals surface area (Å²) in [5, 5.41) is 8.84. The van der Waals surface area contributed by atoms with Gasteiger partial charge in [0.15, 0.2) is 0 Å². The van der Waals surface area contributed by atoms with Crippen LogP contribution >= 0.6 is 0 Å². The van der Waals surface area contributed by atoms with E-state index >= 15 is 0 Å². The fourth-order valence-corrected chi connectivity index (χ4v) is 2.38. The van der Waals surface area contributed by atoms with E-state index in [-0.39, 0.29) is 23.9 Å². The van der Waals surface area contributed by atoms with E-state index in [2.05, 4.69) is 16.0 Å². The number of hydrogen-bond acceptors (Lipinski definition) is 3. The van der Waals surface area contributed by atoms with Crippen LogP contribution in [0.3, 0.4) is 0 Å². The molecule has 0 saturated heterocycles. The van der Waals surface area contributed by atoms with Crippen molar-refractivity contribution in [2.45, 2.75) is 32.9 Å². The van der Waals surface area contributed by atoms with Gasteiger partial charge in [0.2, 0.25) is 11.8 Å². The van der Waals surface area contributed by atoms with Crippen molar-refractivity contribution in [2.75, 3.05) is 10.6 Å². The third-order valence-corrected chi connectivity index (χ3v) is 3.67. The average molecular weight is 325 g/mol. The van der Waals surface area contributed by atoms with Crippen LogP contribution in [0.1, 0.15) is 32.4 Å². The van der Waals surface area contributed by atoms with Gasteiger partial charge in [0, 0.05) is 24.3 Å². The molecule has 24 heavy (non-hydrogen) atoms. The van der Waals surface area contributed by atoms with Crippen molar-refractivity contribution in [3.8, 4) is 0 Å². The van der Waals surface area contributed by atoms with Crippen LogP contribution in [-0.4, -0.2) is 17.9 Å². The second-order valence-corrected chi connectivity index (χ2v) is 5.77. The van der Waals surface area contributed by atoms with Crippen molar-refractivity contribution in [3.63, 3.8) is 0 Å². The van der Waals surface area contributed by atoms with E-state index in [9.17, 15) is 9.59 Å².